The highest BCUT2D eigenvalue weighted by Gasteiger charge is 2.39. The van der Waals surface area contributed by atoms with Crippen molar-refractivity contribution in [3.63, 3.8) is 0 Å². The van der Waals surface area contributed by atoms with E-state index in [1.807, 2.05) is 101 Å². The molecule has 2 amide bonds. The average molecular weight is 517 g/mol. The molecule has 39 heavy (non-hydrogen) atoms. The van der Waals surface area contributed by atoms with Crippen molar-refractivity contribution in [2.24, 2.45) is 0 Å². The minimum Gasteiger partial charge on any atom is -0.305 e. The van der Waals surface area contributed by atoms with Gasteiger partial charge in [0.1, 0.15) is 0 Å². The first-order valence-electron chi connectivity index (χ1n) is 14.0. The molecule has 0 saturated carbocycles. The number of hydrogen-bond acceptors (Lipinski definition) is 2. The van der Waals surface area contributed by atoms with Crippen LogP contribution in [0.1, 0.15) is 77.4 Å². The van der Waals surface area contributed by atoms with E-state index in [0.29, 0.717) is 17.5 Å². The lowest BCUT2D eigenvalue weighted by Gasteiger charge is -2.43. The maximum Gasteiger partial charge on any atom is 0.258 e. The molecule has 2 unspecified atom stereocenters. The number of benzene rings is 4. The molecular weight excluding hydrogens is 480 g/mol. The van der Waals surface area contributed by atoms with Crippen LogP contribution in [0.4, 0.5) is 11.4 Å². The van der Waals surface area contributed by atoms with Gasteiger partial charge in [0.05, 0.1) is 6.04 Å². The summed E-state index contributed by atoms with van der Waals surface area (Å²) >= 11 is 0. The summed E-state index contributed by atoms with van der Waals surface area (Å²) in [5.74, 6) is -0.0543. The molecule has 4 aromatic carbocycles. The Morgan fingerprint density at radius 1 is 0.769 bits per heavy atom. The van der Waals surface area contributed by atoms with E-state index in [9.17, 15) is 9.59 Å². The van der Waals surface area contributed by atoms with E-state index < -0.39 is 0 Å². The van der Waals surface area contributed by atoms with Crippen molar-refractivity contribution >= 4 is 23.2 Å². The quantitative estimate of drug-likeness (QED) is 0.221. The normalized spacial score (nSPS) is 16.4. The third kappa shape index (κ3) is 5.65. The molecule has 0 radical (unpaired) electrons. The van der Waals surface area contributed by atoms with Crippen LogP contribution in [0, 0.1) is 0 Å². The highest BCUT2D eigenvalue weighted by Crippen LogP contribution is 2.43. The zero-order valence-corrected chi connectivity index (χ0v) is 22.8. The Kier molecular flexibility index (Phi) is 8.21. The Hall–Kier alpha value is -4.18. The number of para-hydroxylation sites is 2. The lowest BCUT2D eigenvalue weighted by Crippen LogP contribution is -2.47. The summed E-state index contributed by atoms with van der Waals surface area (Å²) < 4.78 is 0. The molecule has 0 bridgehead atoms. The third-order valence-corrected chi connectivity index (χ3v) is 7.63. The van der Waals surface area contributed by atoms with Gasteiger partial charge in [0.25, 0.3) is 11.8 Å². The minimum absolute atomic E-state index is 0.0229. The van der Waals surface area contributed by atoms with Crippen LogP contribution in [-0.4, -0.2) is 17.9 Å². The smallest absolute Gasteiger partial charge is 0.258 e. The maximum absolute atomic E-state index is 14.2. The number of rotatable bonds is 8. The van der Waals surface area contributed by atoms with Crippen molar-refractivity contribution in [3.8, 4) is 0 Å². The lowest BCUT2D eigenvalue weighted by molar-refractivity contribution is 0.0965. The molecule has 0 spiro atoms. The molecule has 1 heterocycles. The summed E-state index contributed by atoms with van der Waals surface area (Å²) in [6.07, 6.45) is 5.23. The van der Waals surface area contributed by atoms with Gasteiger partial charge in [-0.1, -0.05) is 86.5 Å². The molecule has 4 heteroatoms. The Labute approximate surface area is 231 Å². The van der Waals surface area contributed by atoms with Gasteiger partial charge in [-0.25, -0.2) is 0 Å². The summed E-state index contributed by atoms with van der Waals surface area (Å²) in [7, 11) is 0. The van der Waals surface area contributed by atoms with Gasteiger partial charge in [0, 0.05) is 28.5 Å². The molecule has 4 aromatic rings. The van der Waals surface area contributed by atoms with Crippen LogP contribution in [0.5, 0.6) is 0 Å². The van der Waals surface area contributed by atoms with E-state index >= 15 is 0 Å². The van der Waals surface area contributed by atoms with Crippen LogP contribution in [0.3, 0.4) is 0 Å². The van der Waals surface area contributed by atoms with Crippen LogP contribution in [0.2, 0.25) is 0 Å². The van der Waals surface area contributed by atoms with Crippen molar-refractivity contribution in [1.29, 1.82) is 0 Å². The first kappa shape index (κ1) is 26.4. The van der Waals surface area contributed by atoms with Crippen molar-refractivity contribution in [3.05, 3.63) is 131 Å². The number of aryl methyl sites for hydroxylation is 1. The molecule has 1 aliphatic heterocycles. The number of amides is 2. The first-order valence-corrected chi connectivity index (χ1v) is 14.0. The minimum atomic E-state index is -0.213. The fourth-order valence-corrected chi connectivity index (χ4v) is 5.62. The Balaban J connectivity index is 1.52. The van der Waals surface area contributed by atoms with Gasteiger partial charge < -0.3 is 9.80 Å². The zero-order chi connectivity index (χ0) is 27.2. The van der Waals surface area contributed by atoms with E-state index in [0.717, 1.165) is 29.8 Å². The largest absolute Gasteiger partial charge is 0.305 e. The van der Waals surface area contributed by atoms with Crippen molar-refractivity contribution < 1.29 is 9.59 Å². The van der Waals surface area contributed by atoms with Crippen LogP contribution in [0.15, 0.2) is 109 Å². The number of carbonyl (C=O) groups excluding carboxylic acids is 2. The van der Waals surface area contributed by atoms with Crippen LogP contribution in [-0.2, 0) is 6.42 Å². The number of fused-ring (bicyclic) bond motifs is 1. The predicted octanol–water partition coefficient (Wildman–Crippen LogP) is 8.25. The second-order valence-electron chi connectivity index (χ2n) is 10.4. The zero-order valence-electron chi connectivity index (χ0n) is 22.8. The van der Waals surface area contributed by atoms with Gasteiger partial charge in [0.15, 0.2) is 0 Å². The van der Waals surface area contributed by atoms with Gasteiger partial charge in [-0.15, -0.1) is 0 Å². The summed E-state index contributed by atoms with van der Waals surface area (Å²) in [5.41, 5.74) is 5.28. The monoisotopic (exact) mass is 516 g/mol. The third-order valence-electron chi connectivity index (χ3n) is 7.63. The Bertz CT molecular complexity index is 1400. The van der Waals surface area contributed by atoms with E-state index in [2.05, 4.69) is 32.0 Å². The van der Waals surface area contributed by atoms with Crippen molar-refractivity contribution in [2.45, 2.75) is 58.0 Å². The molecule has 0 aromatic heterocycles. The van der Waals surface area contributed by atoms with Crippen LogP contribution in [0.25, 0.3) is 0 Å². The Morgan fingerprint density at radius 2 is 1.41 bits per heavy atom. The van der Waals surface area contributed by atoms with Crippen LogP contribution >= 0.6 is 0 Å². The topological polar surface area (TPSA) is 40.6 Å². The fourth-order valence-electron chi connectivity index (χ4n) is 5.62. The average Bonchev–Trinajstić information content (AvgIpc) is 2.98. The maximum atomic E-state index is 14.2. The first-order chi connectivity index (χ1) is 19.1. The van der Waals surface area contributed by atoms with Crippen molar-refractivity contribution in [2.75, 3.05) is 9.80 Å². The summed E-state index contributed by atoms with van der Waals surface area (Å²) in [6.45, 7) is 4.28. The molecule has 0 saturated heterocycles. The van der Waals surface area contributed by atoms with E-state index in [-0.39, 0.29) is 23.9 Å². The van der Waals surface area contributed by atoms with Gasteiger partial charge in [0.2, 0.25) is 0 Å². The molecular formula is C35H36N2O2. The summed E-state index contributed by atoms with van der Waals surface area (Å²) in [6, 6.07) is 35.1. The second kappa shape index (κ2) is 12.1. The molecule has 4 nitrogen and oxygen atoms in total. The SMILES string of the molecule is CCCCCc1ccc(C(=O)N(c2ccccc2)C2CC(C)N(C(=O)c3ccccc3)c3ccccc32)cc1. The molecule has 0 aliphatic carbocycles. The van der Waals surface area contributed by atoms with Crippen molar-refractivity contribution in [1.82, 2.24) is 0 Å². The van der Waals surface area contributed by atoms with E-state index in [1.54, 1.807) is 0 Å². The Morgan fingerprint density at radius 3 is 2.10 bits per heavy atom. The van der Waals surface area contributed by atoms with Gasteiger partial charge >= 0.3 is 0 Å². The highest BCUT2D eigenvalue weighted by atomic mass is 16.2. The van der Waals surface area contributed by atoms with Gasteiger partial charge in [-0.05, 0) is 79.8 Å². The number of nitrogens with zero attached hydrogens (tertiary/aromatic N) is 2. The second-order valence-corrected chi connectivity index (χ2v) is 10.4. The summed E-state index contributed by atoms with van der Waals surface area (Å²) in [5, 5.41) is 0. The fraction of sp³-hybridized carbons (Fsp3) is 0.257. The number of hydrogen-bond donors (Lipinski definition) is 0. The highest BCUT2D eigenvalue weighted by molar-refractivity contribution is 6.09. The number of anilines is 2. The van der Waals surface area contributed by atoms with Gasteiger partial charge in [-0.2, -0.15) is 0 Å². The molecule has 0 N–H and O–H groups in total. The van der Waals surface area contributed by atoms with E-state index in [4.69, 9.17) is 0 Å². The predicted molar refractivity (Wildman–Crippen MR) is 159 cm³/mol. The molecule has 1 aliphatic rings. The van der Waals surface area contributed by atoms with E-state index in [1.165, 1.54) is 18.4 Å². The van der Waals surface area contributed by atoms with Crippen LogP contribution < -0.4 is 9.80 Å². The summed E-state index contributed by atoms with van der Waals surface area (Å²) in [4.78, 5) is 31.7. The lowest BCUT2D eigenvalue weighted by atomic mass is 9.89. The molecule has 198 valence electrons. The molecule has 0 fully saturated rings. The van der Waals surface area contributed by atoms with Gasteiger partial charge in [-0.3, -0.25) is 9.59 Å². The number of carbonyl (C=O) groups is 2. The standard InChI is InChI=1S/C35H36N2O2/c1-3-4-7-14-27-21-23-29(24-22-27)35(39)37(30-17-10-6-11-18-30)33-25-26(2)36(32-20-13-12-19-31(32)33)34(38)28-15-8-5-9-16-28/h5-6,8-13,15-24,26,33H,3-4,7,14,25H2,1-2H3. The molecule has 5 rings (SSSR count). The molecule has 2 atom stereocenters. The number of unbranched alkanes of at least 4 members (excludes halogenated alkanes) is 2.